The molecule has 0 aliphatic heterocycles. The van der Waals surface area contributed by atoms with Gasteiger partial charge in [-0.05, 0) is 32.9 Å². The molecule has 6 nitrogen and oxygen atoms in total. The van der Waals surface area contributed by atoms with Crippen molar-refractivity contribution in [2.24, 2.45) is 0 Å². The SMILES string of the molecule is Cc1nc(C)c(C#N)c(SC(C)C(=O)Nc2ccccc2OC(F)F)n1. The highest BCUT2D eigenvalue weighted by Gasteiger charge is 2.21. The Balaban J connectivity index is 2.16. The molecular weight excluding hydrogens is 362 g/mol. The number of anilines is 1. The van der Waals surface area contributed by atoms with Crippen molar-refractivity contribution in [1.82, 2.24) is 9.97 Å². The number of para-hydroxylation sites is 2. The smallest absolute Gasteiger partial charge is 0.387 e. The summed E-state index contributed by atoms with van der Waals surface area (Å²) in [5.74, 6) is -0.0649. The lowest BCUT2D eigenvalue weighted by atomic mass is 10.2. The zero-order valence-electron chi connectivity index (χ0n) is 14.3. The van der Waals surface area contributed by atoms with Crippen molar-refractivity contribution in [1.29, 1.82) is 5.26 Å². The molecular formula is C17H16F2N4O2S. The summed E-state index contributed by atoms with van der Waals surface area (Å²) in [5.41, 5.74) is 0.980. The van der Waals surface area contributed by atoms with Crippen molar-refractivity contribution in [3.8, 4) is 11.8 Å². The summed E-state index contributed by atoms with van der Waals surface area (Å²) >= 11 is 1.10. The van der Waals surface area contributed by atoms with Crippen LogP contribution in [0.2, 0.25) is 0 Å². The molecule has 0 spiro atoms. The van der Waals surface area contributed by atoms with Crippen LogP contribution in [-0.2, 0) is 4.79 Å². The first kappa shape index (κ1) is 19.6. The minimum Gasteiger partial charge on any atom is -0.433 e. The van der Waals surface area contributed by atoms with Gasteiger partial charge in [-0.3, -0.25) is 4.79 Å². The zero-order valence-corrected chi connectivity index (χ0v) is 15.1. The predicted molar refractivity (Wildman–Crippen MR) is 93.2 cm³/mol. The Labute approximate surface area is 153 Å². The van der Waals surface area contributed by atoms with Crippen molar-refractivity contribution in [3.63, 3.8) is 0 Å². The average molecular weight is 378 g/mol. The number of rotatable bonds is 6. The minimum atomic E-state index is -3.00. The second kappa shape index (κ2) is 8.58. The van der Waals surface area contributed by atoms with Crippen LogP contribution in [0.4, 0.5) is 14.5 Å². The molecule has 0 aliphatic carbocycles. The normalized spacial score (nSPS) is 11.7. The molecule has 0 saturated carbocycles. The Morgan fingerprint density at radius 1 is 1.31 bits per heavy atom. The Morgan fingerprint density at radius 2 is 2.00 bits per heavy atom. The van der Waals surface area contributed by atoms with Gasteiger partial charge in [0.25, 0.3) is 0 Å². The lowest BCUT2D eigenvalue weighted by Gasteiger charge is -2.15. The van der Waals surface area contributed by atoms with E-state index in [1.54, 1.807) is 26.8 Å². The highest BCUT2D eigenvalue weighted by molar-refractivity contribution is 8.00. The maximum atomic E-state index is 12.5. The van der Waals surface area contributed by atoms with E-state index in [2.05, 4.69) is 20.0 Å². The number of carbonyl (C=O) groups excluding carboxylic acids is 1. The highest BCUT2D eigenvalue weighted by atomic mass is 32.2. The second-order valence-electron chi connectivity index (χ2n) is 5.27. The molecule has 1 unspecified atom stereocenters. The van der Waals surface area contributed by atoms with Crippen LogP contribution >= 0.6 is 11.8 Å². The average Bonchev–Trinajstić information content (AvgIpc) is 2.55. The Kier molecular flexibility index (Phi) is 6.46. The fraction of sp³-hybridized carbons (Fsp3) is 0.294. The molecule has 136 valence electrons. The van der Waals surface area contributed by atoms with Crippen LogP contribution in [0.1, 0.15) is 24.0 Å². The Hall–Kier alpha value is -2.73. The molecule has 9 heteroatoms. The molecule has 1 aromatic carbocycles. The monoisotopic (exact) mass is 378 g/mol. The third-order valence-electron chi connectivity index (χ3n) is 3.30. The van der Waals surface area contributed by atoms with Gasteiger partial charge in [0.05, 0.1) is 16.6 Å². The number of halogens is 2. The van der Waals surface area contributed by atoms with E-state index in [0.29, 0.717) is 22.1 Å². The summed E-state index contributed by atoms with van der Waals surface area (Å²) in [6.45, 7) is 2.02. The van der Waals surface area contributed by atoms with Crippen LogP contribution in [-0.4, -0.2) is 27.7 Å². The van der Waals surface area contributed by atoms with E-state index in [0.717, 1.165) is 11.8 Å². The predicted octanol–water partition coefficient (Wildman–Crippen LogP) is 3.69. The number of aromatic nitrogens is 2. The molecule has 1 heterocycles. The van der Waals surface area contributed by atoms with E-state index in [1.807, 2.05) is 6.07 Å². The standard InChI is InChI=1S/C17H16F2N4O2S/c1-9-12(8-20)16(22-11(3)21-9)26-10(2)15(24)23-13-6-4-5-7-14(13)25-17(18)19/h4-7,10,17H,1-3H3,(H,23,24). The molecule has 1 atom stereocenters. The third kappa shape index (κ3) is 4.89. The number of nitrogens with one attached hydrogen (secondary N) is 1. The second-order valence-corrected chi connectivity index (χ2v) is 6.60. The maximum Gasteiger partial charge on any atom is 0.387 e. The van der Waals surface area contributed by atoms with Crippen LogP contribution in [0.3, 0.4) is 0 Å². The largest absolute Gasteiger partial charge is 0.433 e. The van der Waals surface area contributed by atoms with E-state index in [1.165, 1.54) is 18.2 Å². The van der Waals surface area contributed by atoms with E-state index in [-0.39, 0.29) is 11.4 Å². The van der Waals surface area contributed by atoms with Gasteiger partial charge in [-0.2, -0.15) is 14.0 Å². The zero-order chi connectivity index (χ0) is 19.3. The number of aryl methyl sites for hydroxylation is 2. The van der Waals surface area contributed by atoms with Crippen LogP contribution in [0.5, 0.6) is 5.75 Å². The third-order valence-corrected chi connectivity index (χ3v) is 4.39. The molecule has 0 bridgehead atoms. The van der Waals surface area contributed by atoms with Gasteiger partial charge >= 0.3 is 6.61 Å². The topological polar surface area (TPSA) is 87.9 Å². The molecule has 0 radical (unpaired) electrons. The van der Waals surface area contributed by atoms with E-state index < -0.39 is 17.8 Å². The molecule has 0 saturated heterocycles. The van der Waals surface area contributed by atoms with E-state index in [4.69, 9.17) is 0 Å². The van der Waals surface area contributed by atoms with Gasteiger partial charge in [0, 0.05) is 0 Å². The summed E-state index contributed by atoms with van der Waals surface area (Å²) in [5, 5.41) is 11.6. The minimum absolute atomic E-state index is 0.125. The first-order valence-corrected chi connectivity index (χ1v) is 8.46. The quantitative estimate of drug-likeness (QED) is 0.609. The lowest BCUT2D eigenvalue weighted by molar-refractivity contribution is -0.115. The number of carbonyl (C=O) groups is 1. The maximum absolute atomic E-state index is 12.5. The summed E-state index contributed by atoms with van der Waals surface area (Å²) in [6.07, 6.45) is 0. The molecule has 1 N–H and O–H groups in total. The van der Waals surface area contributed by atoms with Gasteiger partial charge in [0.2, 0.25) is 5.91 Å². The molecule has 1 amide bonds. The first-order chi connectivity index (χ1) is 12.3. The number of amides is 1. The van der Waals surface area contributed by atoms with E-state index >= 15 is 0 Å². The lowest BCUT2D eigenvalue weighted by Crippen LogP contribution is -2.23. The number of thioether (sulfide) groups is 1. The molecule has 0 aliphatic rings. The first-order valence-electron chi connectivity index (χ1n) is 7.58. The molecule has 2 aromatic rings. The number of ether oxygens (including phenoxy) is 1. The van der Waals surface area contributed by atoms with Crippen molar-refractivity contribution in [2.45, 2.75) is 37.7 Å². The number of hydrogen-bond donors (Lipinski definition) is 1. The summed E-state index contributed by atoms with van der Waals surface area (Å²) < 4.78 is 29.3. The Bertz CT molecular complexity index is 855. The fourth-order valence-corrected chi connectivity index (χ4v) is 3.12. The van der Waals surface area contributed by atoms with Gasteiger partial charge in [0.15, 0.2) is 0 Å². The van der Waals surface area contributed by atoms with Crippen LogP contribution in [0.25, 0.3) is 0 Å². The molecule has 2 rings (SSSR count). The van der Waals surface area contributed by atoms with Gasteiger partial charge in [-0.1, -0.05) is 23.9 Å². The van der Waals surface area contributed by atoms with Gasteiger partial charge in [0.1, 0.15) is 28.2 Å². The van der Waals surface area contributed by atoms with Gasteiger partial charge in [-0.15, -0.1) is 0 Å². The van der Waals surface area contributed by atoms with Crippen molar-refractivity contribution < 1.29 is 18.3 Å². The summed E-state index contributed by atoms with van der Waals surface area (Å²) in [4.78, 5) is 20.8. The van der Waals surface area contributed by atoms with Gasteiger partial charge in [-0.25, -0.2) is 9.97 Å². The molecule has 0 fully saturated rings. The summed E-state index contributed by atoms with van der Waals surface area (Å²) in [7, 11) is 0. The summed E-state index contributed by atoms with van der Waals surface area (Å²) in [6, 6.07) is 7.96. The van der Waals surface area contributed by atoms with Crippen LogP contribution < -0.4 is 10.1 Å². The fourth-order valence-electron chi connectivity index (χ4n) is 2.12. The highest BCUT2D eigenvalue weighted by Crippen LogP contribution is 2.29. The molecule has 1 aromatic heterocycles. The number of nitriles is 1. The molecule has 26 heavy (non-hydrogen) atoms. The number of benzene rings is 1. The van der Waals surface area contributed by atoms with Crippen molar-refractivity contribution >= 4 is 23.4 Å². The van der Waals surface area contributed by atoms with Crippen molar-refractivity contribution in [2.75, 3.05) is 5.32 Å². The number of nitrogens with zero attached hydrogens (tertiary/aromatic N) is 3. The van der Waals surface area contributed by atoms with Crippen molar-refractivity contribution in [3.05, 3.63) is 41.3 Å². The number of alkyl halides is 2. The Morgan fingerprint density at radius 3 is 2.65 bits per heavy atom. The van der Waals surface area contributed by atoms with E-state index in [9.17, 15) is 18.8 Å². The van der Waals surface area contributed by atoms with Crippen LogP contribution in [0, 0.1) is 25.2 Å². The van der Waals surface area contributed by atoms with Crippen LogP contribution in [0.15, 0.2) is 29.3 Å². The number of hydrogen-bond acceptors (Lipinski definition) is 6. The van der Waals surface area contributed by atoms with Gasteiger partial charge < -0.3 is 10.1 Å².